The van der Waals surface area contributed by atoms with Crippen LogP contribution in [0.5, 0.6) is 11.5 Å². The van der Waals surface area contributed by atoms with Crippen molar-refractivity contribution in [3.63, 3.8) is 0 Å². The van der Waals surface area contributed by atoms with Crippen molar-refractivity contribution in [2.75, 3.05) is 26.8 Å². The van der Waals surface area contributed by atoms with E-state index in [9.17, 15) is 9.50 Å². The zero-order valence-electron chi connectivity index (χ0n) is 9.30. The lowest BCUT2D eigenvalue weighted by Gasteiger charge is -2.22. The molecule has 17 heavy (non-hydrogen) atoms. The third-order valence-electron chi connectivity index (χ3n) is 2.50. The van der Waals surface area contributed by atoms with Crippen molar-refractivity contribution in [3.05, 3.63) is 22.5 Å². The van der Waals surface area contributed by atoms with Crippen LogP contribution in [0.1, 0.15) is 11.7 Å². The number of aliphatic hydroxyl groups is 1. The molecule has 1 unspecified atom stereocenters. The van der Waals surface area contributed by atoms with E-state index >= 15 is 0 Å². The van der Waals surface area contributed by atoms with Crippen LogP contribution in [-0.4, -0.2) is 31.9 Å². The second-order valence-corrected chi connectivity index (χ2v) is 4.07. The molecule has 0 aliphatic carbocycles. The van der Waals surface area contributed by atoms with Crippen LogP contribution in [0.15, 0.2) is 6.07 Å². The van der Waals surface area contributed by atoms with E-state index < -0.39 is 11.9 Å². The number of fused-ring (bicyclic) bond motifs is 1. The summed E-state index contributed by atoms with van der Waals surface area (Å²) in [6.07, 6.45) is -0.978. The monoisotopic (exact) mass is 261 g/mol. The Morgan fingerprint density at radius 2 is 2.24 bits per heavy atom. The fourth-order valence-electron chi connectivity index (χ4n) is 1.69. The van der Waals surface area contributed by atoms with E-state index in [0.29, 0.717) is 19.0 Å². The number of rotatable bonds is 3. The van der Waals surface area contributed by atoms with Crippen molar-refractivity contribution in [1.29, 1.82) is 0 Å². The van der Waals surface area contributed by atoms with Gasteiger partial charge in [-0.25, -0.2) is 4.39 Å². The SMILES string of the molecule is CNCC(O)c1cc2c(c(Cl)c1F)OCCO2. The summed E-state index contributed by atoms with van der Waals surface area (Å²) in [7, 11) is 1.67. The summed E-state index contributed by atoms with van der Waals surface area (Å²) in [4.78, 5) is 0. The van der Waals surface area contributed by atoms with Crippen LogP contribution in [0.25, 0.3) is 0 Å². The third kappa shape index (κ3) is 2.31. The topological polar surface area (TPSA) is 50.7 Å². The number of likely N-dealkylation sites (N-methyl/N-ethyl adjacent to an activating group) is 1. The summed E-state index contributed by atoms with van der Waals surface area (Å²) in [5, 5.41) is 12.4. The number of ether oxygens (including phenoxy) is 2. The van der Waals surface area contributed by atoms with Gasteiger partial charge in [0.25, 0.3) is 0 Å². The van der Waals surface area contributed by atoms with E-state index in [1.807, 2.05) is 0 Å². The lowest BCUT2D eigenvalue weighted by molar-refractivity contribution is 0.160. The van der Waals surface area contributed by atoms with Gasteiger partial charge in [-0.3, -0.25) is 0 Å². The zero-order valence-corrected chi connectivity index (χ0v) is 10.1. The average Bonchev–Trinajstić information content (AvgIpc) is 2.34. The van der Waals surface area contributed by atoms with Gasteiger partial charge in [-0.1, -0.05) is 11.6 Å². The van der Waals surface area contributed by atoms with Gasteiger partial charge >= 0.3 is 0 Å². The van der Waals surface area contributed by atoms with E-state index in [2.05, 4.69) is 5.32 Å². The minimum atomic E-state index is -0.978. The Morgan fingerprint density at radius 3 is 2.94 bits per heavy atom. The van der Waals surface area contributed by atoms with Crippen LogP contribution in [0.2, 0.25) is 5.02 Å². The molecule has 0 amide bonds. The fourth-order valence-corrected chi connectivity index (χ4v) is 1.94. The molecule has 1 aromatic carbocycles. The summed E-state index contributed by atoms with van der Waals surface area (Å²) in [5.41, 5.74) is 0.105. The maximum absolute atomic E-state index is 13.9. The highest BCUT2D eigenvalue weighted by atomic mass is 35.5. The Labute approximate surface area is 103 Å². The molecule has 1 aromatic rings. The first-order valence-corrected chi connectivity index (χ1v) is 5.63. The van der Waals surface area contributed by atoms with Gasteiger partial charge < -0.3 is 19.9 Å². The van der Waals surface area contributed by atoms with Gasteiger partial charge in [0.05, 0.1) is 6.10 Å². The predicted molar refractivity (Wildman–Crippen MR) is 61.3 cm³/mol. The van der Waals surface area contributed by atoms with Crippen LogP contribution in [0.4, 0.5) is 4.39 Å². The molecule has 4 nitrogen and oxygen atoms in total. The summed E-state index contributed by atoms with van der Waals surface area (Å²) < 4.78 is 24.5. The first-order chi connectivity index (χ1) is 8.15. The van der Waals surface area contributed by atoms with Crippen LogP contribution >= 0.6 is 11.6 Å². The second kappa shape index (κ2) is 5.08. The molecule has 0 bridgehead atoms. The van der Waals surface area contributed by atoms with Crippen molar-refractivity contribution in [3.8, 4) is 11.5 Å². The van der Waals surface area contributed by atoms with Crippen molar-refractivity contribution in [2.24, 2.45) is 0 Å². The highest BCUT2D eigenvalue weighted by molar-refractivity contribution is 6.32. The molecule has 1 aliphatic rings. The molecule has 0 aromatic heterocycles. The Bertz CT molecular complexity index is 428. The normalized spacial score (nSPS) is 15.8. The number of nitrogens with one attached hydrogen (secondary N) is 1. The molecule has 1 atom stereocenters. The number of halogens is 2. The molecular weight excluding hydrogens is 249 g/mol. The number of benzene rings is 1. The number of hydrogen-bond acceptors (Lipinski definition) is 4. The second-order valence-electron chi connectivity index (χ2n) is 3.69. The average molecular weight is 262 g/mol. The van der Waals surface area contributed by atoms with Crippen LogP contribution in [0, 0.1) is 5.82 Å². The largest absolute Gasteiger partial charge is 0.486 e. The van der Waals surface area contributed by atoms with Gasteiger partial charge in [-0.05, 0) is 13.1 Å². The molecular formula is C11H13ClFNO3. The van der Waals surface area contributed by atoms with Gasteiger partial charge in [0.1, 0.15) is 18.2 Å². The van der Waals surface area contributed by atoms with E-state index in [-0.39, 0.29) is 22.9 Å². The Kier molecular flexibility index (Phi) is 3.71. The van der Waals surface area contributed by atoms with Gasteiger partial charge in [0.15, 0.2) is 17.3 Å². The summed E-state index contributed by atoms with van der Waals surface area (Å²) in [5.74, 6) is -0.0951. The molecule has 0 radical (unpaired) electrons. The maximum Gasteiger partial charge on any atom is 0.182 e. The van der Waals surface area contributed by atoms with E-state index in [4.69, 9.17) is 21.1 Å². The zero-order chi connectivity index (χ0) is 12.4. The molecule has 2 rings (SSSR count). The van der Waals surface area contributed by atoms with E-state index in [1.54, 1.807) is 7.05 Å². The van der Waals surface area contributed by atoms with E-state index in [1.165, 1.54) is 6.07 Å². The minimum Gasteiger partial charge on any atom is -0.486 e. The third-order valence-corrected chi connectivity index (χ3v) is 2.84. The first kappa shape index (κ1) is 12.4. The maximum atomic E-state index is 13.9. The Morgan fingerprint density at radius 1 is 1.53 bits per heavy atom. The standard InChI is InChI=1S/C11H13ClFNO3/c1-14-5-7(15)6-4-8-11(9(12)10(6)13)17-3-2-16-8/h4,7,14-15H,2-3,5H2,1H3. The molecule has 0 spiro atoms. The Balaban J connectivity index is 2.43. The Hall–Kier alpha value is -1.04. The molecule has 6 heteroatoms. The van der Waals surface area contributed by atoms with Crippen molar-refractivity contribution >= 4 is 11.6 Å². The molecule has 0 saturated carbocycles. The molecule has 1 aliphatic heterocycles. The molecule has 0 fully saturated rings. The molecule has 1 heterocycles. The quantitative estimate of drug-likeness (QED) is 0.866. The highest BCUT2D eigenvalue weighted by Gasteiger charge is 2.24. The smallest absolute Gasteiger partial charge is 0.182 e. The first-order valence-electron chi connectivity index (χ1n) is 5.25. The van der Waals surface area contributed by atoms with Crippen molar-refractivity contribution in [1.82, 2.24) is 5.32 Å². The number of hydrogen-bond donors (Lipinski definition) is 2. The van der Waals surface area contributed by atoms with Crippen LogP contribution in [0.3, 0.4) is 0 Å². The van der Waals surface area contributed by atoms with Gasteiger partial charge in [0.2, 0.25) is 0 Å². The van der Waals surface area contributed by atoms with Crippen molar-refractivity contribution in [2.45, 2.75) is 6.10 Å². The molecule has 94 valence electrons. The highest BCUT2D eigenvalue weighted by Crippen LogP contribution is 2.41. The van der Waals surface area contributed by atoms with Gasteiger partial charge in [-0.15, -0.1) is 0 Å². The summed E-state index contributed by atoms with van der Waals surface area (Å²) >= 11 is 5.85. The summed E-state index contributed by atoms with van der Waals surface area (Å²) in [6, 6.07) is 1.43. The fraction of sp³-hybridized carbons (Fsp3) is 0.455. The molecule has 0 saturated heterocycles. The minimum absolute atomic E-state index is 0.105. The molecule has 2 N–H and O–H groups in total. The summed E-state index contributed by atoms with van der Waals surface area (Å²) in [6.45, 7) is 0.952. The lowest BCUT2D eigenvalue weighted by atomic mass is 10.1. The van der Waals surface area contributed by atoms with Crippen LogP contribution in [-0.2, 0) is 0 Å². The van der Waals surface area contributed by atoms with Gasteiger partial charge in [-0.2, -0.15) is 0 Å². The number of aliphatic hydroxyl groups excluding tert-OH is 1. The van der Waals surface area contributed by atoms with Crippen molar-refractivity contribution < 1.29 is 19.0 Å². The van der Waals surface area contributed by atoms with E-state index in [0.717, 1.165) is 0 Å². The predicted octanol–water partition coefficient (Wildman–Crippen LogP) is 1.50. The lowest BCUT2D eigenvalue weighted by Crippen LogP contribution is -2.20. The van der Waals surface area contributed by atoms with Gasteiger partial charge in [0, 0.05) is 12.1 Å². The van der Waals surface area contributed by atoms with Crippen LogP contribution < -0.4 is 14.8 Å².